The van der Waals surface area contributed by atoms with Crippen molar-refractivity contribution >= 4 is 21.7 Å². The smallest absolute Gasteiger partial charge is 0.337 e. The highest BCUT2D eigenvalue weighted by Crippen LogP contribution is 2.26. The van der Waals surface area contributed by atoms with Crippen molar-refractivity contribution in [2.24, 2.45) is 5.92 Å². The van der Waals surface area contributed by atoms with Gasteiger partial charge in [0.05, 0.1) is 18.4 Å². The summed E-state index contributed by atoms with van der Waals surface area (Å²) in [4.78, 5) is 11.3. The Bertz CT molecular complexity index is 609. The average molecular weight is 298 g/mol. The van der Waals surface area contributed by atoms with Crippen molar-refractivity contribution in [1.29, 1.82) is 0 Å². The molecule has 6 nitrogen and oxygen atoms in total. The highest BCUT2D eigenvalue weighted by molar-refractivity contribution is 7.89. The molecule has 1 fully saturated rings. The molecule has 2 rings (SSSR count). The highest BCUT2D eigenvalue weighted by Gasteiger charge is 2.23. The number of nitrogens with two attached hydrogens (primary N) is 1. The van der Waals surface area contributed by atoms with Crippen LogP contribution in [0.2, 0.25) is 0 Å². The van der Waals surface area contributed by atoms with Gasteiger partial charge in [0, 0.05) is 6.54 Å². The molecule has 0 aromatic heterocycles. The molecule has 1 saturated carbocycles. The molecule has 0 spiro atoms. The number of esters is 1. The molecule has 1 aliphatic rings. The van der Waals surface area contributed by atoms with Crippen molar-refractivity contribution in [2.75, 3.05) is 19.4 Å². The van der Waals surface area contributed by atoms with Crippen LogP contribution in [0.1, 0.15) is 29.6 Å². The number of methoxy groups -OCH3 is 1. The van der Waals surface area contributed by atoms with E-state index in [9.17, 15) is 13.2 Å². The number of nitrogen functional groups attached to an aromatic ring is 1. The Kier molecular flexibility index (Phi) is 4.29. The number of anilines is 1. The van der Waals surface area contributed by atoms with Gasteiger partial charge in [-0.3, -0.25) is 0 Å². The minimum Gasteiger partial charge on any atom is -0.465 e. The van der Waals surface area contributed by atoms with E-state index in [1.165, 1.54) is 25.3 Å². The maximum atomic E-state index is 12.1. The van der Waals surface area contributed by atoms with Crippen molar-refractivity contribution in [3.05, 3.63) is 23.8 Å². The van der Waals surface area contributed by atoms with E-state index in [0.717, 1.165) is 19.3 Å². The number of sulfonamides is 1. The van der Waals surface area contributed by atoms with Crippen molar-refractivity contribution < 1.29 is 17.9 Å². The molecule has 1 aromatic carbocycles. The SMILES string of the molecule is COC(=O)c1ccc(S(=O)(=O)NCC2CCC2)c(N)c1. The first-order valence-corrected chi connectivity index (χ1v) is 7.90. The number of benzene rings is 1. The number of carbonyl (C=O) groups is 1. The second-order valence-corrected chi connectivity index (χ2v) is 6.63. The second-order valence-electron chi connectivity index (χ2n) is 4.89. The molecule has 0 radical (unpaired) electrons. The Morgan fingerprint density at radius 2 is 2.15 bits per heavy atom. The summed E-state index contributed by atoms with van der Waals surface area (Å²) in [5.41, 5.74) is 5.99. The van der Waals surface area contributed by atoms with Gasteiger partial charge in [0.25, 0.3) is 0 Å². The van der Waals surface area contributed by atoms with E-state index >= 15 is 0 Å². The number of hydrogen-bond acceptors (Lipinski definition) is 5. The van der Waals surface area contributed by atoms with Gasteiger partial charge in [-0.25, -0.2) is 17.9 Å². The van der Waals surface area contributed by atoms with E-state index in [4.69, 9.17) is 5.73 Å². The van der Waals surface area contributed by atoms with Crippen LogP contribution in [0.4, 0.5) is 5.69 Å². The summed E-state index contributed by atoms with van der Waals surface area (Å²) in [5.74, 6) is -0.136. The van der Waals surface area contributed by atoms with Gasteiger partial charge in [0.1, 0.15) is 4.90 Å². The van der Waals surface area contributed by atoms with Crippen molar-refractivity contribution in [2.45, 2.75) is 24.2 Å². The number of ether oxygens (including phenoxy) is 1. The first-order chi connectivity index (χ1) is 9.44. The van der Waals surface area contributed by atoms with Gasteiger partial charge in [-0.2, -0.15) is 0 Å². The fourth-order valence-corrected chi connectivity index (χ4v) is 3.27. The van der Waals surface area contributed by atoms with Crippen molar-refractivity contribution in [1.82, 2.24) is 4.72 Å². The second kappa shape index (κ2) is 5.80. The summed E-state index contributed by atoms with van der Waals surface area (Å²) in [6, 6.07) is 4.02. The molecule has 0 amide bonds. The lowest BCUT2D eigenvalue weighted by Crippen LogP contribution is -2.32. The third-order valence-corrected chi connectivity index (χ3v) is 5.00. The minimum atomic E-state index is -3.64. The Labute approximate surface area is 118 Å². The number of hydrogen-bond donors (Lipinski definition) is 2. The van der Waals surface area contributed by atoms with Crippen LogP contribution < -0.4 is 10.5 Å². The minimum absolute atomic E-state index is 0.00974. The fraction of sp³-hybridized carbons (Fsp3) is 0.462. The molecule has 0 unspecified atom stereocenters. The molecule has 0 atom stereocenters. The number of nitrogens with one attached hydrogen (secondary N) is 1. The molecule has 1 aromatic rings. The van der Waals surface area contributed by atoms with E-state index in [0.29, 0.717) is 12.5 Å². The topological polar surface area (TPSA) is 98.5 Å². The maximum Gasteiger partial charge on any atom is 0.337 e. The van der Waals surface area contributed by atoms with Crippen molar-refractivity contribution in [3.8, 4) is 0 Å². The molecule has 0 bridgehead atoms. The molecule has 0 heterocycles. The molecule has 20 heavy (non-hydrogen) atoms. The summed E-state index contributed by atoms with van der Waals surface area (Å²) in [6.07, 6.45) is 3.26. The predicted octanol–water partition coefficient (Wildman–Crippen LogP) is 1.13. The van der Waals surface area contributed by atoms with Crippen molar-refractivity contribution in [3.63, 3.8) is 0 Å². The third kappa shape index (κ3) is 3.10. The highest BCUT2D eigenvalue weighted by atomic mass is 32.2. The zero-order valence-corrected chi connectivity index (χ0v) is 12.1. The van der Waals surface area contributed by atoms with Gasteiger partial charge < -0.3 is 10.5 Å². The van der Waals surface area contributed by atoms with Gasteiger partial charge >= 0.3 is 5.97 Å². The molecule has 7 heteroatoms. The average Bonchev–Trinajstić information content (AvgIpc) is 2.35. The Morgan fingerprint density at radius 1 is 1.45 bits per heavy atom. The maximum absolute atomic E-state index is 12.1. The van der Waals surface area contributed by atoms with Crippen LogP contribution in [-0.4, -0.2) is 28.0 Å². The number of carbonyl (C=O) groups excluding carboxylic acids is 1. The Balaban J connectivity index is 2.16. The van der Waals surface area contributed by atoms with E-state index < -0.39 is 16.0 Å². The lowest BCUT2D eigenvalue weighted by molar-refractivity contribution is 0.0600. The summed E-state index contributed by atoms with van der Waals surface area (Å²) < 4.78 is 31.4. The van der Waals surface area contributed by atoms with Gasteiger partial charge in [-0.05, 0) is 37.0 Å². The fourth-order valence-electron chi connectivity index (χ4n) is 2.04. The summed E-state index contributed by atoms with van der Waals surface area (Å²) in [5, 5.41) is 0. The zero-order valence-electron chi connectivity index (χ0n) is 11.3. The molecule has 110 valence electrons. The van der Waals surface area contributed by atoms with Gasteiger partial charge in [-0.1, -0.05) is 6.42 Å². The van der Waals surface area contributed by atoms with Crippen LogP contribution in [0.3, 0.4) is 0 Å². The van der Waals surface area contributed by atoms with Crippen LogP contribution >= 0.6 is 0 Å². The summed E-state index contributed by atoms with van der Waals surface area (Å²) in [7, 11) is -2.39. The lowest BCUT2D eigenvalue weighted by Gasteiger charge is -2.25. The molecule has 3 N–H and O–H groups in total. The lowest BCUT2D eigenvalue weighted by atomic mass is 9.86. The van der Waals surface area contributed by atoms with Crippen LogP contribution in [0, 0.1) is 5.92 Å². The first kappa shape index (κ1) is 14.8. The van der Waals surface area contributed by atoms with Gasteiger partial charge in [0.2, 0.25) is 10.0 Å². The molecular weight excluding hydrogens is 280 g/mol. The quantitative estimate of drug-likeness (QED) is 0.627. The standard InChI is InChI=1S/C13H18N2O4S/c1-19-13(16)10-5-6-12(11(14)7-10)20(17,18)15-8-9-3-2-4-9/h5-7,9,15H,2-4,8,14H2,1H3. The van der Waals surface area contributed by atoms with E-state index in [1.54, 1.807) is 0 Å². The Morgan fingerprint density at radius 3 is 2.65 bits per heavy atom. The predicted molar refractivity (Wildman–Crippen MR) is 74.7 cm³/mol. The van der Waals surface area contributed by atoms with Crippen LogP contribution in [0.5, 0.6) is 0 Å². The summed E-state index contributed by atoms with van der Waals surface area (Å²) >= 11 is 0. The van der Waals surface area contributed by atoms with Crippen LogP contribution in [0.15, 0.2) is 23.1 Å². The molecule has 0 saturated heterocycles. The van der Waals surface area contributed by atoms with E-state index in [-0.39, 0.29) is 16.1 Å². The normalized spacial score (nSPS) is 15.7. The van der Waals surface area contributed by atoms with E-state index in [2.05, 4.69) is 9.46 Å². The van der Waals surface area contributed by atoms with E-state index in [1.807, 2.05) is 0 Å². The molecular formula is C13H18N2O4S. The van der Waals surface area contributed by atoms with Crippen LogP contribution in [-0.2, 0) is 14.8 Å². The van der Waals surface area contributed by atoms with Gasteiger partial charge in [-0.15, -0.1) is 0 Å². The zero-order chi connectivity index (χ0) is 14.8. The van der Waals surface area contributed by atoms with Gasteiger partial charge in [0.15, 0.2) is 0 Å². The molecule has 1 aliphatic carbocycles. The Hall–Kier alpha value is -1.60. The van der Waals surface area contributed by atoms with Crippen LogP contribution in [0.25, 0.3) is 0 Å². The summed E-state index contributed by atoms with van der Waals surface area (Å²) in [6.45, 7) is 0.431. The third-order valence-electron chi connectivity index (χ3n) is 3.51. The largest absolute Gasteiger partial charge is 0.465 e. The molecule has 0 aliphatic heterocycles. The number of rotatable bonds is 5. The monoisotopic (exact) mass is 298 g/mol. The first-order valence-electron chi connectivity index (χ1n) is 6.41.